The molecule has 0 aliphatic heterocycles. The van der Waals surface area contributed by atoms with Crippen molar-refractivity contribution >= 4 is 33.2 Å². The van der Waals surface area contributed by atoms with Crippen molar-refractivity contribution in [2.75, 3.05) is 45.1 Å². The zero-order chi connectivity index (χ0) is 32.8. The summed E-state index contributed by atoms with van der Waals surface area (Å²) in [5, 5.41) is 6.92. The van der Waals surface area contributed by atoms with Crippen molar-refractivity contribution in [1.82, 2.24) is 19.3 Å². The fraction of sp³-hybridized carbons (Fsp3) is 0.179. The molecule has 4 aromatic carbocycles. The number of benzene rings is 4. The van der Waals surface area contributed by atoms with Gasteiger partial charge in [-0.25, -0.2) is 4.98 Å². The SMILES string of the molecule is COc1ccnc(-n2c3[c-]c(Oc4[c-]c(-n5cc(-c6c(N(C)C)c(C)cc(C)c6N(C)C)cn5)ccc4)ccc3c3ccccc32)c1.[Pt+2]. The number of pyridine rings is 1. The van der Waals surface area contributed by atoms with Crippen LogP contribution >= 0.6 is 0 Å². The molecule has 48 heavy (non-hydrogen) atoms. The summed E-state index contributed by atoms with van der Waals surface area (Å²) in [6.07, 6.45) is 5.73. The second-order valence-electron chi connectivity index (χ2n) is 12.0. The van der Waals surface area contributed by atoms with Crippen molar-refractivity contribution in [2.45, 2.75) is 13.8 Å². The van der Waals surface area contributed by atoms with Gasteiger partial charge in [0, 0.05) is 86.2 Å². The number of para-hydroxylation sites is 1. The molecule has 0 fully saturated rings. The van der Waals surface area contributed by atoms with Gasteiger partial charge in [-0.05, 0) is 48.2 Å². The van der Waals surface area contributed by atoms with E-state index in [-0.39, 0.29) is 21.1 Å². The molecule has 7 aromatic rings. The first kappa shape index (κ1) is 32.9. The zero-order valence-corrected chi connectivity index (χ0v) is 30.2. The molecule has 0 saturated heterocycles. The minimum atomic E-state index is 0. The number of anilines is 2. The molecule has 0 unspecified atom stereocenters. The predicted molar refractivity (Wildman–Crippen MR) is 190 cm³/mol. The zero-order valence-electron chi connectivity index (χ0n) is 28.0. The molecule has 3 aromatic heterocycles. The van der Waals surface area contributed by atoms with Gasteiger partial charge in [-0.15, -0.1) is 35.7 Å². The fourth-order valence-electron chi connectivity index (χ4n) is 6.55. The third-order valence-corrected chi connectivity index (χ3v) is 8.38. The largest absolute Gasteiger partial charge is 2.00 e. The van der Waals surface area contributed by atoms with E-state index < -0.39 is 0 Å². The maximum Gasteiger partial charge on any atom is 2.00 e. The summed E-state index contributed by atoms with van der Waals surface area (Å²) >= 11 is 0. The quantitative estimate of drug-likeness (QED) is 0.144. The van der Waals surface area contributed by atoms with E-state index in [0.29, 0.717) is 11.5 Å². The standard InChI is InChI=1S/C39H36N6O2.Pt/c1-25-19-26(2)39(43(5)6)37(38(25)42(3)4)27-23-41-44(24-27)28-11-10-12-30(20-28)47-31-15-16-33-32-13-8-9-14-34(32)45(35(33)21-31)36-22-29(46-7)17-18-40-36;/h8-19,22-24H,1-7H3;/q-2;+2. The van der Waals surface area contributed by atoms with E-state index in [2.05, 4.69) is 104 Å². The number of fused-ring (bicyclic) bond motifs is 3. The molecule has 0 radical (unpaired) electrons. The molecule has 3 heterocycles. The average molecular weight is 816 g/mol. The number of nitrogens with zero attached hydrogens (tertiary/aromatic N) is 6. The van der Waals surface area contributed by atoms with E-state index in [1.54, 1.807) is 13.3 Å². The van der Waals surface area contributed by atoms with Crippen LogP contribution in [0, 0.1) is 26.0 Å². The Morgan fingerprint density at radius 3 is 2.23 bits per heavy atom. The molecule has 244 valence electrons. The van der Waals surface area contributed by atoms with Gasteiger partial charge in [0.1, 0.15) is 11.6 Å². The molecule has 0 aliphatic carbocycles. The average Bonchev–Trinajstić information content (AvgIpc) is 3.67. The Labute approximate surface area is 295 Å². The molecule has 0 spiro atoms. The van der Waals surface area contributed by atoms with Gasteiger partial charge in [-0.3, -0.25) is 4.68 Å². The first-order valence-electron chi connectivity index (χ1n) is 15.4. The van der Waals surface area contributed by atoms with Crippen LogP contribution in [0.1, 0.15) is 11.1 Å². The summed E-state index contributed by atoms with van der Waals surface area (Å²) in [4.78, 5) is 9.00. The van der Waals surface area contributed by atoms with E-state index in [9.17, 15) is 0 Å². The van der Waals surface area contributed by atoms with Gasteiger partial charge in [-0.2, -0.15) is 17.2 Å². The number of ether oxygens (including phenoxy) is 2. The first-order valence-corrected chi connectivity index (χ1v) is 15.4. The fourth-order valence-corrected chi connectivity index (χ4v) is 6.55. The monoisotopic (exact) mass is 815 g/mol. The normalized spacial score (nSPS) is 11.1. The van der Waals surface area contributed by atoms with Crippen LogP contribution in [0.3, 0.4) is 0 Å². The van der Waals surface area contributed by atoms with Gasteiger partial charge in [0.25, 0.3) is 0 Å². The van der Waals surface area contributed by atoms with Gasteiger partial charge in [0.05, 0.1) is 13.3 Å². The molecule has 0 bridgehead atoms. The van der Waals surface area contributed by atoms with Crippen LogP contribution in [0.15, 0.2) is 91.4 Å². The molecule has 0 amide bonds. The van der Waals surface area contributed by atoms with Crippen molar-refractivity contribution in [3.8, 4) is 39.9 Å². The Balaban J connectivity index is 0.00000401. The maximum atomic E-state index is 6.38. The Kier molecular flexibility index (Phi) is 9.04. The summed E-state index contributed by atoms with van der Waals surface area (Å²) in [5.41, 5.74) is 9.63. The van der Waals surface area contributed by atoms with E-state index in [0.717, 1.165) is 50.2 Å². The van der Waals surface area contributed by atoms with Crippen LogP contribution in [-0.2, 0) is 21.1 Å². The molecule has 9 heteroatoms. The summed E-state index contributed by atoms with van der Waals surface area (Å²) in [5.74, 6) is 2.60. The van der Waals surface area contributed by atoms with E-state index >= 15 is 0 Å². The van der Waals surface area contributed by atoms with Crippen LogP contribution in [0.4, 0.5) is 11.4 Å². The minimum Gasteiger partial charge on any atom is -0.509 e. The van der Waals surface area contributed by atoms with Crippen molar-refractivity contribution in [2.24, 2.45) is 0 Å². The maximum absolute atomic E-state index is 6.38. The molecule has 0 saturated carbocycles. The van der Waals surface area contributed by atoms with Gasteiger partial charge >= 0.3 is 21.1 Å². The van der Waals surface area contributed by atoms with E-state index in [1.807, 2.05) is 59.4 Å². The Morgan fingerprint density at radius 1 is 0.771 bits per heavy atom. The van der Waals surface area contributed by atoms with Crippen molar-refractivity contribution < 1.29 is 30.5 Å². The minimum absolute atomic E-state index is 0. The first-order chi connectivity index (χ1) is 22.7. The molecule has 0 aliphatic rings. The Hall–Kier alpha value is -5.07. The van der Waals surface area contributed by atoms with Crippen LogP contribution in [0.2, 0.25) is 0 Å². The van der Waals surface area contributed by atoms with Gasteiger partial charge in [0.15, 0.2) is 0 Å². The second-order valence-corrected chi connectivity index (χ2v) is 12.0. The van der Waals surface area contributed by atoms with E-state index in [4.69, 9.17) is 14.6 Å². The number of rotatable bonds is 8. The third-order valence-electron chi connectivity index (χ3n) is 8.38. The van der Waals surface area contributed by atoms with Crippen molar-refractivity contribution in [1.29, 1.82) is 0 Å². The molecule has 8 nitrogen and oxygen atoms in total. The molecule has 0 N–H and O–H groups in total. The predicted octanol–water partition coefficient (Wildman–Crippen LogP) is 8.18. The summed E-state index contributed by atoms with van der Waals surface area (Å²) in [6.45, 7) is 4.32. The summed E-state index contributed by atoms with van der Waals surface area (Å²) in [7, 11) is 9.99. The van der Waals surface area contributed by atoms with Gasteiger partial charge in [0.2, 0.25) is 0 Å². The number of aryl methyl sites for hydroxylation is 2. The van der Waals surface area contributed by atoms with Crippen LogP contribution in [0.25, 0.3) is 44.4 Å². The molecular formula is C39H36N6O2Pt. The smallest absolute Gasteiger partial charge is 0.509 e. The Bertz CT molecular complexity index is 2240. The number of aromatic nitrogens is 4. The van der Waals surface area contributed by atoms with Crippen LogP contribution < -0.4 is 19.3 Å². The van der Waals surface area contributed by atoms with Crippen LogP contribution in [-0.4, -0.2) is 54.6 Å². The van der Waals surface area contributed by atoms with Gasteiger partial charge < -0.3 is 23.8 Å². The third kappa shape index (κ3) is 5.82. The van der Waals surface area contributed by atoms with Crippen molar-refractivity contribution in [3.63, 3.8) is 0 Å². The number of hydrogen-bond acceptors (Lipinski definition) is 6. The molecule has 0 atom stereocenters. The van der Waals surface area contributed by atoms with E-state index in [1.165, 1.54) is 22.5 Å². The Morgan fingerprint density at radius 2 is 1.50 bits per heavy atom. The summed E-state index contributed by atoms with van der Waals surface area (Å²) < 4.78 is 15.8. The topological polar surface area (TPSA) is 60.6 Å². The second kappa shape index (κ2) is 13.2. The molecule has 7 rings (SSSR count). The number of methoxy groups -OCH3 is 1. The molecular weight excluding hydrogens is 780 g/mol. The van der Waals surface area contributed by atoms with Crippen molar-refractivity contribution in [3.05, 3.63) is 115 Å². The van der Waals surface area contributed by atoms with Gasteiger partial charge in [-0.1, -0.05) is 29.8 Å². The summed E-state index contributed by atoms with van der Waals surface area (Å²) in [6, 6.07) is 31.0. The van der Waals surface area contributed by atoms with Crippen LogP contribution in [0.5, 0.6) is 17.2 Å². The number of hydrogen-bond donors (Lipinski definition) is 0.